The molecule has 1 saturated carbocycles. The number of hydrogen-bond acceptors (Lipinski definition) is 8. The third kappa shape index (κ3) is 6.35. The van der Waals surface area contributed by atoms with Crippen molar-refractivity contribution < 1.29 is 18.8 Å². The Kier molecular flexibility index (Phi) is 8.27. The second kappa shape index (κ2) is 12.4. The van der Waals surface area contributed by atoms with E-state index >= 15 is 0 Å². The number of pyridine rings is 1. The van der Waals surface area contributed by atoms with E-state index in [1.54, 1.807) is 18.3 Å². The predicted octanol–water partition coefficient (Wildman–Crippen LogP) is 3.92. The van der Waals surface area contributed by atoms with E-state index in [0.717, 1.165) is 37.3 Å². The van der Waals surface area contributed by atoms with Crippen LogP contribution in [0.25, 0.3) is 0 Å². The zero-order valence-corrected chi connectivity index (χ0v) is 24.1. The molecule has 1 aromatic carbocycles. The van der Waals surface area contributed by atoms with Crippen LogP contribution in [0.4, 0.5) is 17.2 Å². The van der Waals surface area contributed by atoms with Crippen LogP contribution in [0, 0.1) is 0 Å². The van der Waals surface area contributed by atoms with Gasteiger partial charge in [0.05, 0.1) is 16.4 Å². The summed E-state index contributed by atoms with van der Waals surface area (Å²) in [6.45, 7) is 4.61. The molecule has 12 heteroatoms. The topological polar surface area (TPSA) is 124 Å². The molecule has 1 aliphatic carbocycles. The lowest BCUT2D eigenvalue weighted by Crippen LogP contribution is -2.47. The largest absolute Gasteiger partial charge is 0.448 e. The van der Waals surface area contributed by atoms with Gasteiger partial charge in [-0.2, -0.15) is 0 Å². The molecule has 2 aromatic heterocycles. The number of aromatic nitrogens is 2. The van der Waals surface area contributed by atoms with E-state index in [0.29, 0.717) is 80.2 Å². The molecule has 3 aromatic rings. The molecular weight excluding hydrogens is 558 g/mol. The molecular formula is C30H34ClN7O4. The van der Waals surface area contributed by atoms with E-state index in [1.165, 1.54) is 6.26 Å². The Morgan fingerprint density at radius 1 is 1.05 bits per heavy atom. The lowest BCUT2D eigenvalue weighted by molar-refractivity contribution is -0.127. The van der Waals surface area contributed by atoms with Crippen LogP contribution < -0.4 is 20.4 Å². The number of amides is 3. The molecule has 2 aliphatic heterocycles. The summed E-state index contributed by atoms with van der Waals surface area (Å²) in [7, 11) is 0. The first-order valence-corrected chi connectivity index (χ1v) is 14.9. The van der Waals surface area contributed by atoms with Crippen molar-refractivity contribution in [2.75, 3.05) is 60.9 Å². The molecule has 3 aliphatic rings. The van der Waals surface area contributed by atoms with Crippen LogP contribution in [0.1, 0.15) is 64.8 Å². The zero-order chi connectivity index (χ0) is 29.1. The molecule has 3 fully saturated rings. The van der Waals surface area contributed by atoms with E-state index in [-0.39, 0.29) is 17.5 Å². The van der Waals surface area contributed by atoms with E-state index in [2.05, 4.69) is 30.4 Å². The minimum atomic E-state index is -0.390. The average Bonchev–Trinajstić information content (AvgIpc) is 3.59. The van der Waals surface area contributed by atoms with Crippen molar-refractivity contribution in [2.45, 2.75) is 38.0 Å². The lowest BCUT2D eigenvalue weighted by Gasteiger charge is -2.37. The van der Waals surface area contributed by atoms with Gasteiger partial charge in [-0.1, -0.05) is 11.6 Å². The Labute approximate surface area is 249 Å². The number of likely N-dealkylation sites (tertiary alicyclic amines) is 1. The van der Waals surface area contributed by atoms with Gasteiger partial charge < -0.3 is 29.8 Å². The molecule has 0 bridgehead atoms. The number of anilines is 3. The quantitative estimate of drug-likeness (QED) is 0.340. The smallest absolute Gasteiger partial charge is 0.277 e. The number of benzene rings is 1. The van der Waals surface area contributed by atoms with Crippen molar-refractivity contribution in [3.05, 3.63) is 65.0 Å². The fourth-order valence-electron chi connectivity index (χ4n) is 5.43. The first-order valence-electron chi connectivity index (χ1n) is 14.5. The summed E-state index contributed by atoms with van der Waals surface area (Å²) < 4.78 is 5.52. The summed E-state index contributed by atoms with van der Waals surface area (Å²) in [5.41, 5.74) is 1.98. The molecule has 3 amide bonds. The second-order valence-electron chi connectivity index (χ2n) is 10.9. The number of hydrogen-bond donors (Lipinski definition) is 2. The molecule has 4 heterocycles. The maximum absolute atomic E-state index is 13.2. The van der Waals surface area contributed by atoms with Crippen LogP contribution in [0.2, 0.25) is 5.02 Å². The Morgan fingerprint density at radius 2 is 1.86 bits per heavy atom. The number of rotatable bonds is 10. The van der Waals surface area contributed by atoms with Gasteiger partial charge >= 0.3 is 0 Å². The fourth-order valence-corrected chi connectivity index (χ4v) is 5.67. The first-order chi connectivity index (χ1) is 20.5. The summed E-state index contributed by atoms with van der Waals surface area (Å²) >= 11 is 6.37. The molecule has 11 nitrogen and oxygen atoms in total. The number of carbonyl (C=O) groups excluding carboxylic acids is 3. The normalized spacial score (nSPS) is 17.1. The summed E-state index contributed by atoms with van der Waals surface area (Å²) in [6, 6.07) is 8.99. The standard InChI is InChI=1S/C30H34ClN7O4/c31-22-4-1-10-32-27(22)38-16-14-36(15-17-38)25-9-8-21(28(40)33-11-3-13-37-12-2-5-26(37)39)18-23(25)34-29(41)24-19-42-30(35-24)20-6-7-20/h1,4,8-10,18-20H,2-3,5-7,11-17H2,(H,33,40)(H,34,41). The second-order valence-corrected chi connectivity index (χ2v) is 11.3. The Balaban J connectivity index is 1.15. The van der Waals surface area contributed by atoms with Gasteiger partial charge in [0.15, 0.2) is 11.6 Å². The molecule has 0 unspecified atom stereocenters. The maximum Gasteiger partial charge on any atom is 0.277 e. The minimum absolute atomic E-state index is 0.178. The highest BCUT2D eigenvalue weighted by Crippen LogP contribution is 2.39. The van der Waals surface area contributed by atoms with Gasteiger partial charge in [0.25, 0.3) is 11.8 Å². The number of piperazine rings is 1. The van der Waals surface area contributed by atoms with Crippen LogP contribution in [0.15, 0.2) is 47.2 Å². The van der Waals surface area contributed by atoms with Crippen molar-refractivity contribution in [1.29, 1.82) is 0 Å². The van der Waals surface area contributed by atoms with Crippen LogP contribution in [0.5, 0.6) is 0 Å². The van der Waals surface area contributed by atoms with Gasteiger partial charge in [0.2, 0.25) is 5.91 Å². The molecule has 0 radical (unpaired) electrons. The van der Waals surface area contributed by atoms with Gasteiger partial charge in [-0.15, -0.1) is 0 Å². The average molecular weight is 592 g/mol. The van der Waals surface area contributed by atoms with Gasteiger partial charge in [-0.25, -0.2) is 9.97 Å². The highest BCUT2D eigenvalue weighted by molar-refractivity contribution is 6.32. The summed E-state index contributed by atoms with van der Waals surface area (Å²) in [5.74, 6) is 1.19. The van der Waals surface area contributed by atoms with E-state index in [9.17, 15) is 14.4 Å². The third-order valence-electron chi connectivity index (χ3n) is 7.91. The number of nitrogens with zero attached hydrogens (tertiary/aromatic N) is 5. The van der Waals surface area contributed by atoms with Gasteiger partial charge in [-0.05, 0) is 56.0 Å². The van der Waals surface area contributed by atoms with Gasteiger partial charge in [0, 0.05) is 69.9 Å². The molecule has 6 rings (SSSR count). The SMILES string of the molecule is O=C(NCCCN1CCCC1=O)c1ccc(N2CCN(c3ncccc3Cl)CC2)c(NC(=O)c2coc(C3CC3)n2)c1. The van der Waals surface area contributed by atoms with Crippen LogP contribution in [-0.4, -0.2) is 78.4 Å². The third-order valence-corrected chi connectivity index (χ3v) is 8.20. The van der Waals surface area contributed by atoms with Crippen molar-refractivity contribution in [3.8, 4) is 0 Å². The van der Waals surface area contributed by atoms with E-state index in [4.69, 9.17) is 16.0 Å². The summed E-state index contributed by atoms with van der Waals surface area (Å²) in [6.07, 6.45) is 7.35. The lowest BCUT2D eigenvalue weighted by atomic mass is 10.1. The Morgan fingerprint density at radius 3 is 2.60 bits per heavy atom. The predicted molar refractivity (Wildman–Crippen MR) is 159 cm³/mol. The van der Waals surface area contributed by atoms with Crippen molar-refractivity contribution >= 4 is 46.5 Å². The van der Waals surface area contributed by atoms with Crippen LogP contribution in [0.3, 0.4) is 0 Å². The molecule has 2 N–H and O–H groups in total. The number of oxazole rings is 1. The van der Waals surface area contributed by atoms with Crippen molar-refractivity contribution in [2.24, 2.45) is 0 Å². The van der Waals surface area contributed by atoms with Gasteiger partial charge in [-0.3, -0.25) is 14.4 Å². The molecule has 220 valence electrons. The monoisotopic (exact) mass is 591 g/mol. The highest BCUT2D eigenvalue weighted by atomic mass is 35.5. The van der Waals surface area contributed by atoms with Crippen LogP contribution >= 0.6 is 11.6 Å². The Hall–Kier alpha value is -4.12. The van der Waals surface area contributed by atoms with Gasteiger partial charge in [0.1, 0.15) is 12.1 Å². The number of halogens is 1. The van der Waals surface area contributed by atoms with Crippen molar-refractivity contribution in [3.63, 3.8) is 0 Å². The molecule has 0 atom stereocenters. The number of nitrogens with one attached hydrogen (secondary N) is 2. The molecule has 2 saturated heterocycles. The molecule has 0 spiro atoms. The van der Waals surface area contributed by atoms with E-state index < -0.39 is 5.91 Å². The maximum atomic E-state index is 13.2. The summed E-state index contributed by atoms with van der Waals surface area (Å²) in [4.78, 5) is 53.1. The minimum Gasteiger partial charge on any atom is -0.448 e. The van der Waals surface area contributed by atoms with Crippen molar-refractivity contribution in [1.82, 2.24) is 20.2 Å². The fraction of sp³-hybridized carbons (Fsp3) is 0.433. The summed E-state index contributed by atoms with van der Waals surface area (Å²) in [5, 5.41) is 6.53. The Bertz CT molecular complexity index is 1470. The number of carbonyl (C=O) groups is 3. The zero-order valence-electron chi connectivity index (χ0n) is 23.4. The first kappa shape index (κ1) is 28.0. The highest BCUT2D eigenvalue weighted by Gasteiger charge is 2.30. The molecule has 42 heavy (non-hydrogen) atoms. The van der Waals surface area contributed by atoms with E-state index in [1.807, 2.05) is 23.1 Å². The van der Waals surface area contributed by atoms with Crippen LogP contribution in [-0.2, 0) is 4.79 Å².